The van der Waals surface area contributed by atoms with Crippen molar-refractivity contribution >= 4 is 12.0 Å². The first-order valence-electron chi connectivity index (χ1n) is 7.25. The van der Waals surface area contributed by atoms with Gasteiger partial charge in [-0.25, -0.2) is 9.59 Å². The standard InChI is InChI=1S/C14H26N2O3/c1-4-16(11-7-5-6-8-11)14(19)15-12(13(17)18)9-10(2)3/h10-12H,4-9H2,1-3H3,(H,15,19)(H,17,18)/t12-/m0/s1. The van der Waals surface area contributed by atoms with Gasteiger partial charge in [-0.15, -0.1) is 0 Å². The highest BCUT2D eigenvalue weighted by Gasteiger charge is 2.28. The Bertz CT molecular complexity index is 312. The predicted molar refractivity (Wildman–Crippen MR) is 74.0 cm³/mol. The number of hydrogen-bond acceptors (Lipinski definition) is 2. The van der Waals surface area contributed by atoms with Crippen molar-refractivity contribution in [2.75, 3.05) is 6.54 Å². The molecule has 1 saturated carbocycles. The number of amides is 2. The maximum absolute atomic E-state index is 12.2. The van der Waals surface area contributed by atoms with Gasteiger partial charge in [0.2, 0.25) is 0 Å². The first kappa shape index (κ1) is 15.8. The van der Waals surface area contributed by atoms with Crippen molar-refractivity contribution in [3.63, 3.8) is 0 Å². The molecule has 2 N–H and O–H groups in total. The molecule has 5 heteroatoms. The molecule has 0 aliphatic heterocycles. The molecular weight excluding hydrogens is 244 g/mol. The molecule has 19 heavy (non-hydrogen) atoms. The maximum Gasteiger partial charge on any atom is 0.326 e. The van der Waals surface area contributed by atoms with Crippen molar-refractivity contribution < 1.29 is 14.7 Å². The van der Waals surface area contributed by atoms with Gasteiger partial charge in [-0.05, 0) is 32.1 Å². The third-order valence-electron chi connectivity index (χ3n) is 3.67. The SMILES string of the molecule is CCN(C(=O)N[C@@H](CC(C)C)C(=O)O)C1CCCC1. The third kappa shape index (κ3) is 4.73. The monoisotopic (exact) mass is 270 g/mol. The Morgan fingerprint density at radius 2 is 1.89 bits per heavy atom. The molecule has 0 unspecified atom stereocenters. The minimum absolute atomic E-state index is 0.234. The highest BCUT2D eigenvalue weighted by atomic mass is 16.4. The summed E-state index contributed by atoms with van der Waals surface area (Å²) in [5.41, 5.74) is 0. The number of urea groups is 1. The Hall–Kier alpha value is -1.26. The summed E-state index contributed by atoms with van der Waals surface area (Å²) in [6.45, 7) is 6.48. The predicted octanol–water partition coefficient (Wildman–Crippen LogP) is 2.46. The second-order valence-electron chi connectivity index (χ2n) is 5.69. The first-order chi connectivity index (χ1) is 8.95. The zero-order valence-corrected chi connectivity index (χ0v) is 12.2. The van der Waals surface area contributed by atoms with Crippen molar-refractivity contribution in [3.05, 3.63) is 0 Å². The minimum Gasteiger partial charge on any atom is -0.480 e. The van der Waals surface area contributed by atoms with E-state index in [-0.39, 0.29) is 18.0 Å². The smallest absolute Gasteiger partial charge is 0.326 e. The normalized spacial score (nSPS) is 17.5. The number of carboxylic acids is 1. The number of nitrogens with zero attached hydrogens (tertiary/aromatic N) is 1. The molecule has 0 radical (unpaired) electrons. The highest BCUT2D eigenvalue weighted by Crippen LogP contribution is 2.23. The van der Waals surface area contributed by atoms with Gasteiger partial charge in [0.25, 0.3) is 0 Å². The van der Waals surface area contributed by atoms with Crippen LogP contribution in [-0.4, -0.2) is 40.6 Å². The summed E-state index contributed by atoms with van der Waals surface area (Å²) in [6.07, 6.45) is 4.83. The molecular formula is C14H26N2O3. The van der Waals surface area contributed by atoms with E-state index in [0.717, 1.165) is 25.7 Å². The molecule has 2 amide bonds. The van der Waals surface area contributed by atoms with Crippen LogP contribution in [0.1, 0.15) is 52.9 Å². The zero-order valence-electron chi connectivity index (χ0n) is 12.2. The Kier molecular flexibility index (Phi) is 6.12. The van der Waals surface area contributed by atoms with Crippen molar-refractivity contribution in [2.24, 2.45) is 5.92 Å². The van der Waals surface area contributed by atoms with Gasteiger partial charge >= 0.3 is 12.0 Å². The van der Waals surface area contributed by atoms with E-state index in [9.17, 15) is 9.59 Å². The lowest BCUT2D eigenvalue weighted by molar-refractivity contribution is -0.139. The van der Waals surface area contributed by atoms with Crippen molar-refractivity contribution in [1.82, 2.24) is 10.2 Å². The molecule has 0 aromatic heterocycles. The van der Waals surface area contributed by atoms with E-state index >= 15 is 0 Å². The van der Waals surface area contributed by atoms with Crippen LogP contribution in [0.5, 0.6) is 0 Å². The summed E-state index contributed by atoms with van der Waals surface area (Å²) < 4.78 is 0. The van der Waals surface area contributed by atoms with Crippen LogP contribution in [0.25, 0.3) is 0 Å². The fraction of sp³-hybridized carbons (Fsp3) is 0.857. The van der Waals surface area contributed by atoms with Crippen LogP contribution in [0, 0.1) is 5.92 Å². The first-order valence-corrected chi connectivity index (χ1v) is 7.25. The van der Waals surface area contributed by atoms with Gasteiger partial charge in [0.15, 0.2) is 0 Å². The minimum atomic E-state index is -0.954. The van der Waals surface area contributed by atoms with Crippen LogP contribution < -0.4 is 5.32 Å². The zero-order chi connectivity index (χ0) is 14.4. The molecule has 1 aliphatic rings. The van der Waals surface area contributed by atoms with Gasteiger partial charge in [0, 0.05) is 12.6 Å². The van der Waals surface area contributed by atoms with Crippen LogP contribution in [0.2, 0.25) is 0 Å². The second kappa shape index (κ2) is 7.36. The maximum atomic E-state index is 12.2. The average Bonchev–Trinajstić information content (AvgIpc) is 2.82. The summed E-state index contributed by atoms with van der Waals surface area (Å²) in [7, 11) is 0. The molecule has 1 aliphatic carbocycles. The fourth-order valence-electron chi connectivity index (χ4n) is 2.71. The topological polar surface area (TPSA) is 69.6 Å². The van der Waals surface area contributed by atoms with Crippen LogP contribution in [0.15, 0.2) is 0 Å². The Morgan fingerprint density at radius 3 is 2.32 bits per heavy atom. The van der Waals surface area contributed by atoms with Gasteiger partial charge in [-0.1, -0.05) is 26.7 Å². The lowest BCUT2D eigenvalue weighted by Crippen LogP contribution is -2.51. The van der Waals surface area contributed by atoms with E-state index in [0.29, 0.717) is 13.0 Å². The van der Waals surface area contributed by atoms with E-state index in [2.05, 4.69) is 5.32 Å². The molecule has 0 aromatic carbocycles. The Morgan fingerprint density at radius 1 is 1.32 bits per heavy atom. The van der Waals surface area contributed by atoms with Crippen molar-refractivity contribution in [2.45, 2.75) is 65.0 Å². The molecule has 110 valence electrons. The van der Waals surface area contributed by atoms with Crippen molar-refractivity contribution in [1.29, 1.82) is 0 Å². The Labute approximate surface area is 115 Å². The number of rotatable bonds is 6. The molecule has 1 fully saturated rings. The molecule has 0 bridgehead atoms. The summed E-state index contributed by atoms with van der Waals surface area (Å²) in [5.74, 6) is -0.715. The molecule has 0 heterocycles. The van der Waals surface area contributed by atoms with Gasteiger partial charge in [-0.3, -0.25) is 0 Å². The lowest BCUT2D eigenvalue weighted by atomic mass is 10.0. The molecule has 0 spiro atoms. The van der Waals surface area contributed by atoms with Gasteiger partial charge in [0.1, 0.15) is 6.04 Å². The summed E-state index contributed by atoms with van der Waals surface area (Å²) in [5, 5.41) is 11.8. The largest absolute Gasteiger partial charge is 0.480 e. The Balaban J connectivity index is 2.60. The van der Waals surface area contributed by atoms with E-state index in [1.165, 1.54) is 0 Å². The lowest BCUT2D eigenvalue weighted by Gasteiger charge is -2.29. The summed E-state index contributed by atoms with van der Waals surface area (Å²) >= 11 is 0. The molecule has 5 nitrogen and oxygen atoms in total. The van der Waals surface area contributed by atoms with Gasteiger partial charge < -0.3 is 15.3 Å². The highest BCUT2D eigenvalue weighted by molar-refractivity contribution is 5.82. The molecule has 0 aromatic rings. The summed E-state index contributed by atoms with van der Waals surface area (Å²) in [4.78, 5) is 25.2. The van der Waals surface area contributed by atoms with Crippen LogP contribution >= 0.6 is 0 Å². The number of carboxylic acid groups (broad SMARTS) is 1. The summed E-state index contributed by atoms with van der Waals surface area (Å²) in [6, 6.07) is -0.746. The van der Waals surface area contributed by atoms with E-state index < -0.39 is 12.0 Å². The van der Waals surface area contributed by atoms with E-state index in [1.54, 1.807) is 4.90 Å². The van der Waals surface area contributed by atoms with Crippen LogP contribution in [0.3, 0.4) is 0 Å². The van der Waals surface area contributed by atoms with E-state index in [1.807, 2.05) is 20.8 Å². The third-order valence-corrected chi connectivity index (χ3v) is 3.67. The van der Waals surface area contributed by atoms with Crippen molar-refractivity contribution in [3.8, 4) is 0 Å². The van der Waals surface area contributed by atoms with Crippen LogP contribution in [0.4, 0.5) is 4.79 Å². The second-order valence-corrected chi connectivity index (χ2v) is 5.69. The number of carbonyl (C=O) groups is 2. The van der Waals surface area contributed by atoms with Gasteiger partial charge in [0.05, 0.1) is 0 Å². The van der Waals surface area contributed by atoms with Crippen LogP contribution in [-0.2, 0) is 4.79 Å². The molecule has 1 atom stereocenters. The molecule has 1 rings (SSSR count). The van der Waals surface area contributed by atoms with E-state index in [4.69, 9.17) is 5.11 Å². The quantitative estimate of drug-likeness (QED) is 0.779. The fourth-order valence-corrected chi connectivity index (χ4v) is 2.71. The number of nitrogens with one attached hydrogen (secondary N) is 1. The molecule has 0 saturated heterocycles. The van der Waals surface area contributed by atoms with Gasteiger partial charge in [-0.2, -0.15) is 0 Å². The number of aliphatic carboxylic acids is 1. The number of carbonyl (C=O) groups excluding carboxylic acids is 1. The number of hydrogen-bond donors (Lipinski definition) is 2. The average molecular weight is 270 g/mol.